The molecule has 7 rings (SSSR count). The second-order valence-corrected chi connectivity index (χ2v) is 14.1. The zero-order valence-electron chi connectivity index (χ0n) is 22.7. The van der Waals surface area contributed by atoms with Gasteiger partial charge in [-0.1, -0.05) is 18.2 Å². The van der Waals surface area contributed by atoms with Gasteiger partial charge in [0.15, 0.2) is 0 Å². The minimum Gasteiger partial charge on any atom is -0.338 e. The molecule has 0 radical (unpaired) electrons. The van der Waals surface area contributed by atoms with E-state index in [2.05, 4.69) is 20.5 Å². The van der Waals surface area contributed by atoms with Gasteiger partial charge in [-0.25, -0.2) is 4.79 Å². The normalized spacial score (nSPS) is 17.8. The number of hydrogen-bond donors (Lipinski definition) is 3. The Morgan fingerprint density at radius 3 is 2.55 bits per heavy atom. The Morgan fingerprint density at radius 1 is 1.05 bits per heavy atom. The average Bonchev–Trinajstić information content (AvgIpc) is 3.67. The molecule has 220 valence electrons. The number of nitrogens with zero attached hydrogens (tertiary/aromatic N) is 4. The number of amides is 2. The fraction of sp³-hybridized carbons (Fsp3) is 0.133. The Hall–Kier alpha value is -4.36. The van der Waals surface area contributed by atoms with Crippen LogP contribution in [-0.4, -0.2) is 84.2 Å². The summed E-state index contributed by atoms with van der Waals surface area (Å²) < 4.78 is 2.86. The number of aromatic nitrogens is 4. The Balaban J connectivity index is 1.03. The summed E-state index contributed by atoms with van der Waals surface area (Å²) in [6.45, 7) is 0. The molecule has 2 amide bonds. The quantitative estimate of drug-likeness (QED) is 0.127. The molecule has 4 heterocycles. The Kier molecular flexibility index (Phi) is 7.50. The van der Waals surface area contributed by atoms with E-state index < -0.39 is 23.3 Å². The molecule has 5 aromatic rings. The Labute approximate surface area is 264 Å². The molecule has 2 aromatic heterocycles. The van der Waals surface area contributed by atoms with Crippen molar-refractivity contribution >= 4 is 65.7 Å². The van der Waals surface area contributed by atoms with Gasteiger partial charge in [-0.2, -0.15) is 0 Å². The molecule has 1 saturated heterocycles. The van der Waals surface area contributed by atoms with Gasteiger partial charge in [-0.15, -0.1) is 11.8 Å². The van der Waals surface area contributed by atoms with E-state index in [-0.39, 0.29) is 37.6 Å². The summed E-state index contributed by atoms with van der Waals surface area (Å²) in [4.78, 5) is 56.5. The summed E-state index contributed by atoms with van der Waals surface area (Å²) in [7, 11) is 0. The summed E-state index contributed by atoms with van der Waals surface area (Å²) in [5.74, 6) is -0.805. The molecule has 0 bridgehead atoms. The molecule has 3 aromatic carbocycles. The van der Waals surface area contributed by atoms with E-state index in [1.807, 2.05) is 48.5 Å². The first-order valence-electron chi connectivity index (χ1n) is 13.4. The first-order chi connectivity index (χ1) is 21.4. The van der Waals surface area contributed by atoms with Gasteiger partial charge < -0.3 is 10.4 Å². The number of H-pyrrole nitrogens is 1. The Bertz CT molecular complexity index is 2020. The maximum absolute atomic E-state index is 13.0. The first-order valence-corrected chi connectivity index (χ1v) is 17.1. The number of carbonyl (C=O) groups is 3. The van der Waals surface area contributed by atoms with Crippen LogP contribution in [0.1, 0.15) is 10.4 Å². The molecule has 2 aliphatic heterocycles. The van der Waals surface area contributed by atoms with E-state index in [9.17, 15) is 24.3 Å². The van der Waals surface area contributed by atoms with Crippen LogP contribution < -0.4 is 10.9 Å². The molecule has 1 unspecified atom stereocenters. The molecule has 2 atom stereocenters. The maximum atomic E-state index is 13.0. The van der Waals surface area contributed by atoms with E-state index in [0.717, 1.165) is 20.9 Å². The van der Waals surface area contributed by atoms with Crippen molar-refractivity contribution in [3.05, 3.63) is 106 Å². The van der Waals surface area contributed by atoms with E-state index in [1.54, 1.807) is 33.9 Å². The third kappa shape index (κ3) is 5.09. The number of nitrogens with one attached hydrogen (secondary N) is 2. The Morgan fingerprint density at radius 2 is 1.80 bits per heavy atom. The van der Waals surface area contributed by atoms with Crippen molar-refractivity contribution in [1.29, 1.82) is 0 Å². The van der Waals surface area contributed by atoms with Crippen LogP contribution in [0.5, 0.6) is 0 Å². The number of benzene rings is 3. The van der Waals surface area contributed by atoms with Crippen molar-refractivity contribution in [3.63, 3.8) is 0 Å². The fourth-order valence-electron chi connectivity index (χ4n) is 5.10. The smallest absolute Gasteiger partial charge is 0.338 e. The van der Waals surface area contributed by atoms with Crippen LogP contribution >= 0.6 is 23.5 Å². The van der Waals surface area contributed by atoms with Crippen LogP contribution in [-0.2, 0) is 9.59 Å². The molecule has 14 heteroatoms. The third-order valence-corrected chi connectivity index (χ3v) is 11.9. The summed E-state index contributed by atoms with van der Waals surface area (Å²) in [5, 5.41) is 20.6. The van der Waals surface area contributed by atoms with Crippen molar-refractivity contribution in [1.82, 2.24) is 29.0 Å². The predicted octanol–water partition coefficient (Wildman–Crippen LogP) is 2.98. The van der Waals surface area contributed by atoms with Crippen molar-refractivity contribution in [3.8, 4) is 17.1 Å². The van der Waals surface area contributed by atoms with Gasteiger partial charge in [0, 0.05) is 5.56 Å². The molecule has 44 heavy (non-hydrogen) atoms. The van der Waals surface area contributed by atoms with Crippen molar-refractivity contribution in [2.45, 2.75) is 16.6 Å². The molecule has 0 aliphatic carbocycles. The summed E-state index contributed by atoms with van der Waals surface area (Å²) >= 11 is 2.57. The van der Waals surface area contributed by atoms with Gasteiger partial charge in [-0.3, -0.25) is 14.5 Å². The number of fused-ring (bicyclic) bond motifs is 2. The molecule has 0 spiro atoms. The molecule has 2 aliphatic rings. The van der Waals surface area contributed by atoms with Gasteiger partial charge >= 0.3 is 165 Å². The minimum atomic E-state index is -1.19. The van der Waals surface area contributed by atoms with Crippen molar-refractivity contribution in [2.75, 3.05) is 11.5 Å². The predicted molar refractivity (Wildman–Crippen MR) is 168 cm³/mol. The topological polar surface area (TPSA) is 150 Å². The number of β-lactam (4-membered cyclic amide) rings is 1. The SMILES string of the molecule is O=C(O)C1=C(CSc2n[nH]c(-c3ccc(-n4[se]c5ccccc5c4=O)cc3)n2)CSC2[C@@H](NC(=O)c3ccccc3)C(=O)N12. The first kappa shape index (κ1) is 28.4. The number of rotatable bonds is 8. The second-order valence-electron chi connectivity index (χ2n) is 9.97. The van der Waals surface area contributed by atoms with Gasteiger partial charge in [0.05, 0.1) is 0 Å². The number of thioether (sulfide) groups is 2. The van der Waals surface area contributed by atoms with Gasteiger partial charge in [0.1, 0.15) is 11.4 Å². The number of carbonyl (C=O) groups excluding carboxylic acids is 2. The standard InChI is InChI=1S/C30H22N6O5S2Se/c37-25(17-6-2-1-3-7-17)31-22-27(39)35-23(29(40)41)18(14-42-28(22)35)15-43-30-32-24(33-34-30)16-10-12-19(13-11-16)36-26(38)20-8-4-5-9-21(20)44-36/h1-13,22,28H,14-15H2,(H,31,37)(H,40,41)(H,32,33,34)/t22-,28?/m0/s1. The molecule has 3 N–H and O–H groups in total. The third-order valence-electron chi connectivity index (χ3n) is 7.28. The average molecular weight is 690 g/mol. The van der Waals surface area contributed by atoms with Crippen LogP contribution in [0.25, 0.3) is 26.7 Å². The van der Waals surface area contributed by atoms with Gasteiger partial charge in [0.2, 0.25) is 0 Å². The summed E-state index contributed by atoms with van der Waals surface area (Å²) in [6, 6.07) is 23.0. The second kappa shape index (κ2) is 11.6. The number of aliphatic carboxylic acids is 1. The van der Waals surface area contributed by atoms with Crippen LogP contribution in [0.4, 0.5) is 0 Å². The molecule has 11 nitrogen and oxygen atoms in total. The molecule has 0 saturated carbocycles. The van der Waals surface area contributed by atoms with Crippen LogP contribution in [0.15, 0.2) is 100 Å². The minimum absolute atomic E-state index is 0.00122. The van der Waals surface area contributed by atoms with E-state index in [0.29, 0.717) is 27.9 Å². The van der Waals surface area contributed by atoms with Gasteiger partial charge in [0.25, 0.3) is 11.8 Å². The number of hydrogen-bond acceptors (Lipinski definition) is 8. The van der Waals surface area contributed by atoms with Crippen molar-refractivity contribution < 1.29 is 19.5 Å². The molecular weight excluding hydrogens is 667 g/mol. The van der Waals surface area contributed by atoms with Crippen molar-refractivity contribution in [2.24, 2.45) is 0 Å². The van der Waals surface area contributed by atoms with Gasteiger partial charge in [-0.05, 0) is 12.1 Å². The zero-order chi connectivity index (χ0) is 30.4. The summed E-state index contributed by atoms with van der Waals surface area (Å²) in [5.41, 5.74) is 2.57. The van der Waals surface area contributed by atoms with E-state index in [1.165, 1.54) is 28.4 Å². The number of carboxylic acids is 1. The number of aromatic amines is 1. The van der Waals surface area contributed by atoms with Crippen LogP contribution in [0, 0.1) is 0 Å². The zero-order valence-corrected chi connectivity index (χ0v) is 26.0. The molecule has 1 fully saturated rings. The van der Waals surface area contributed by atoms with Crippen LogP contribution in [0.3, 0.4) is 0 Å². The van der Waals surface area contributed by atoms with E-state index in [4.69, 9.17) is 0 Å². The molecular formula is C30H22N6O5S2Se. The summed E-state index contributed by atoms with van der Waals surface area (Å²) in [6.07, 6.45) is 0. The fourth-order valence-corrected chi connectivity index (χ4v) is 9.47. The monoisotopic (exact) mass is 690 g/mol. The number of carboxylic acid groups (broad SMARTS) is 1. The van der Waals surface area contributed by atoms with E-state index >= 15 is 0 Å². The van der Waals surface area contributed by atoms with Crippen LogP contribution in [0.2, 0.25) is 0 Å².